The fourth-order valence-electron chi connectivity index (χ4n) is 1.53. The van der Waals surface area contributed by atoms with E-state index in [1.807, 2.05) is 5.38 Å². The summed E-state index contributed by atoms with van der Waals surface area (Å²) < 4.78 is 0.841. The van der Waals surface area contributed by atoms with Crippen molar-refractivity contribution in [2.75, 3.05) is 5.73 Å². The lowest BCUT2D eigenvalue weighted by Gasteiger charge is -2.01. The highest BCUT2D eigenvalue weighted by molar-refractivity contribution is 8.00. The second-order valence-corrected chi connectivity index (χ2v) is 5.68. The lowest BCUT2D eigenvalue weighted by molar-refractivity contribution is 0.972. The summed E-state index contributed by atoms with van der Waals surface area (Å²) >= 11 is 2.84. The van der Waals surface area contributed by atoms with Crippen LogP contribution in [0.25, 0.3) is 10.9 Å². The van der Waals surface area contributed by atoms with Crippen LogP contribution in [0.3, 0.4) is 0 Å². The Morgan fingerprint density at radius 2 is 2.28 bits per heavy atom. The molecule has 0 spiro atoms. The van der Waals surface area contributed by atoms with Crippen LogP contribution in [0.2, 0.25) is 0 Å². The number of rotatable bonds is 2. The molecule has 3 aromatic rings. The van der Waals surface area contributed by atoms with E-state index < -0.39 is 0 Å². The third kappa shape index (κ3) is 2.09. The van der Waals surface area contributed by atoms with Crippen molar-refractivity contribution < 1.29 is 0 Å². The van der Waals surface area contributed by atoms with E-state index in [0.29, 0.717) is 21.7 Å². The number of nitrogens with two attached hydrogens (primary N) is 1. The number of thiazole rings is 1. The Morgan fingerprint density at radius 1 is 1.39 bits per heavy atom. The average molecular weight is 276 g/mol. The van der Waals surface area contributed by atoms with Gasteiger partial charge in [-0.2, -0.15) is 0 Å². The zero-order valence-corrected chi connectivity index (χ0v) is 10.7. The van der Waals surface area contributed by atoms with Gasteiger partial charge in [0.1, 0.15) is 0 Å². The molecule has 0 fully saturated rings. The summed E-state index contributed by atoms with van der Waals surface area (Å²) in [6, 6.07) is 5.09. The number of nitrogens with zero attached hydrogens (tertiary/aromatic N) is 2. The van der Waals surface area contributed by atoms with Crippen LogP contribution in [-0.4, -0.2) is 15.0 Å². The first kappa shape index (κ1) is 11.2. The van der Waals surface area contributed by atoms with E-state index in [9.17, 15) is 4.79 Å². The van der Waals surface area contributed by atoms with Crippen LogP contribution in [0, 0.1) is 0 Å². The van der Waals surface area contributed by atoms with E-state index in [1.165, 1.54) is 23.1 Å². The predicted octanol–water partition coefficient (Wildman–Crippen LogP) is 2.11. The van der Waals surface area contributed by atoms with Crippen molar-refractivity contribution in [2.24, 2.45) is 0 Å². The summed E-state index contributed by atoms with van der Waals surface area (Å²) in [5.74, 6) is 0. The molecular weight excluding hydrogens is 268 g/mol. The maximum atomic E-state index is 11.9. The van der Waals surface area contributed by atoms with Gasteiger partial charge in [0.25, 0.3) is 5.56 Å². The third-order valence-corrected chi connectivity index (χ3v) is 4.07. The van der Waals surface area contributed by atoms with Gasteiger partial charge in [0.2, 0.25) is 0 Å². The topological polar surface area (TPSA) is 84.7 Å². The number of aromatic nitrogens is 3. The Hall–Kier alpha value is -1.86. The Balaban J connectivity index is 2.10. The molecule has 0 radical (unpaired) electrons. The molecule has 0 unspecified atom stereocenters. The van der Waals surface area contributed by atoms with Crippen molar-refractivity contribution in [3.8, 4) is 0 Å². The van der Waals surface area contributed by atoms with Gasteiger partial charge in [0, 0.05) is 17.3 Å². The van der Waals surface area contributed by atoms with E-state index >= 15 is 0 Å². The van der Waals surface area contributed by atoms with Gasteiger partial charge in [0.05, 0.1) is 10.9 Å². The van der Waals surface area contributed by atoms with E-state index in [-0.39, 0.29) is 5.56 Å². The van der Waals surface area contributed by atoms with Gasteiger partial charge in [-0.1, -0.05) is 0 Å². The second kappa shape index (κ2) is 4.43. The fourth-order valence-corrected chi connectivity index (χ4v) is 3.05. The minimum absolute atomic E-state index is 0.189. The SMILES string of the molecule is Nc1ccc2nc(Sc3nccs3)[nH]c(=O)c2c1. The number of nitrogen functional groups attached to an aromatic ring is 1. The van der Waals surface area contributed by atoms with Crippen LogP contribution in [-0.2, 0) is 0 Å². The maximum Gasteiger partial charge on any atom is 0.259 e. The highest BCUT2D eigenvalue weighted by Crippen LogP contribution is 2.26. The first-order valence-electron chi connectivity index (χ1n) is 5.09. The minimum Gasteiger partial charge on any atom is -0.399 e. The number of benzene rings is 1. The van der Waals surface area contributed by atoms with Gasteiger partial charge >= 0.3 is 0 Å². The number of anilines is 1. The molecule has 0 aliphatic rings. The number of fused-ring (bicyclic) bond motifs is 1. The molecule has 0 aliphatic heterocycles. The van der Waals surface area contributed by atoms with Crippen LogP contribution in [0.4, 0.5) is 5.69 Å². The molecule has 0 saturated heterocycles. The summed E-state index contributed by atoms with van der Waals surface area (Å²) in [4.78, 5) is 23.1. The van der Waals surface area contributed by atoms with Gasteiger partial charge < -0.3 is 10.7 Å². The maximum absolute atomic E-state index is 11.9. The molecule has 90 valence electrons. The van der Waals surface area contributed by atoms with E-state index in [4.69, 9.17) is 5.73 Å². The molecule has 2 heterocycles. The van der Waals surface area contributed by atoms with Crippen molar-refractivity contribution in [2.45, 2.75) is 9.50 Å². The second-order valence-electron chi connectivity index (χ2n) is 3.55. The number of nitrogens with one attached hydrogen (secondary N) is 1. The predicted molar refractivity (Wildman–Crippen MR) is 73.0 cm³/mol. The molecule has 1 aromatic carbocycles. The quantitative estimate of drug-likeness (QED) is 0.553. The minimum atomic E-state index is -0.189. The van der Waals surface area contributed by atoms with Crippen molar-refractivity contribution in [3.63, 3.8) is 0 Å². The number of H-pyrrole nitrogens is 1. The van der Waals surface area contributed by atoms with Crippen molar-refractivity contribution >= 4 is 39.7 Å². The molecule has 18 heavy (non-hydrogen) atoms. The Bertz CT molecular complexity index is 751. The van der Waals surface area contributed by atoms with Crippen LogP contribution in [0.5, 0.6) is 0 Å². The Labute approximate surface area is 110 Å². The largest absolute Gasteiger partial charge is 0.399 e. The summed E-state index contributed by atoms with van der Waals surface area (Å²) in [5, 5.41) is 2.91. The summed E-state index contributed by atoms with van der Waals surface area (Å²) in [5.41, 5.74) is 6.64. The zero-order chi connectivity index (χ0) is 12.5. The molecule has 3 rings (SSSR count). The van der Waals surface area contributed by atoms with Crippen molar-refractivity contribution in [1.29, 1.82) is 0 Å². The third-order valence-electron chi connectivity index (χ3n) is 2.30. The Morgan fingerprint density at radius 3 is 3.06 bits per heavy atom. The van der Waals surface area contributed by atoms with Crippen LogP contribution in [0.15, 0.2) is 44.1 Å². The van der Waals surface area contributed by atoms with Crippen LogP contribution in [0.1, 0.15) is 0 Å². The first-order valence-corrected chi connectivity index (χ1v) is 6.79. The highest BCUT2D eigenvalue weighted by atomic mass is 32.2. The van der Waals surface area contributed by atoms with Gasteiger partial charge in [-0.15, -0.1) is 11.3 Å². The summed E-state index contributed by atoms with van der Waals surface area (Å²) in [7, 11) is 0. The number of hydrogen-bond acceptors (Lipinski definition) is 6. The van der Waals surface area contributed by atoms with E-state index in [0.717, 1.165) is 4.34 Å². The zero-order valence-electron chi connectivity index (χ0n) is 9.08. The molecule has 3 N–H and O–H groups in total. The lowest BCUT2D eigenvalue weighted by atomic mass is 10.2. The molecule has 5 nitrogen and oxygen atoms in total. The van der Waals surface area contributed by atoms with Gasteiger partial charge in [0.15, 0.2) is 9.50 Å². The van der Waals surface area contributed by atoms with Crippen LogP contribution >= 0.6 is 23.1 Å². The highest BCUT2D eigenvalue weighted by Gasteiger charge is 2.06. The molecule has 0 saturated carbocycles. The normalized spacial score (nSPS) is 10.9. The fraction of sp³-hybridized carbons (Fsp3) is 0. The Kier molecular flexibility index (Phi) is 2.77. The van der Waals surface area contributed by atoms with Crippen molar-refractivity contribution in [1.82, 2.24) is 15.0 Å². The average Bonchev–Trinajstić information content (AvgIpc) is 2.83. The monoisotopic (exact) mass is 276 g/mol. The van der Waals surface area contributed by atoms with Crippen molar-refractivity contribution in [3.05, 3.63) is 40.1 Å². The van der Waals surface area contributed by atoms with Gasteiger partial charge in [-0.3, -0.25) is 4.79 Å². The van der Waals surface area contributed by atoms with E-state index in [1.54, 1.807) is 24.4 Å². The number of hydrogen-bond donors (Lipinski definition) is 2. The van der Waals surface area contributed by atoms with E-state index in [2.05, 4.69) is 15.0 Å². The molecule has 2 aromatic heterocycles. The first-order chi connectivity index (χ1) is 8.72. The van der Waals surface area contributed by atoms with Gasteiger partial charge in [-0.25, -0.2) is 9.97 Å². The summed E-state index contributed by atoms with van der Waals surface area (Å²) in [6.45, 7) is 0. The molecular formula is C11H8N4OS2. The molecule has 7 heteroatoms. The summed E-state index contributed by atoms with van der Waals surface area (Å²) in [6.07, 6.45) is 1.72. The molecule has 0 amide bonds. The smallest absolute Gasteiger partial charge is 0.259 e. The molecule has 0 bridgehead atoms. The number of aromatic amines is 1. The standard InChI is InChI=1S/C11H8N4OS2/c12-6-1-2-8-7(5-6)9(16)15-10(14-8)18-11-13-3-4-17-11/h1-5H,12H2,(H,14,15,16). The molecule has 0 atom stereocenters. The van der Waals surface area contributed by atoms with Crippen LogP contribution < -0.4 is 11.3 Å². The van der Waals surface area contributed by atoms with Gasteiger partial charge in [-0.05, 0) is 30.0 Å². The molecule has 0 aliphatic carbocycles. The lowest BCUT2D eigenvalue weighted by Crippen LogP contribution is -2.09.